The molecule has 18 nitrogen and oxygen atoms in total. The lowest BCUT2D eigenvalue weighted by molar-refractivity contribution is -0.148. The highest BCUT2D eigenvalue weighted by Crippen LogP contribution is 2.68. The number of carboxylic acid groups (broad SMARTS) is 2. The van der Waals surface area contributed by atoms with Crippen molar-refractivity contribution in [3.8, 4) is 11.1 Å². The predicted octanol–water partition coefficient (Wildman–Crippen LogP) is 7.62. The lowest BCUT2D eigenvalue weighted by atomic mass is 9.93. The molecule has 76 heavy (non-hydrogen) atoms. The van der Waals surface area contributed by atoms with Crippen LogP contribution in [-0.4, -0.2) is 117 Å². The van der Waals surface area contributed by atoms with Crippen molar-refractivity contribution in [1.29, 1.82) is 0 Å². The van der Waals surface area contributed by atoms with Crippen molar-refractivity contribution in [3.05, 3.63) is 93.0 Å². The number of anilines is 1. The molecule has 1 unspecified atom stereocenters. The van der Waals surface area contributed by atoms with Gasteiger partial charge >= 0.3 is 30.3 Å². The van der Waals surface area contributed by atoms with Gasteiger partial charge in [-0.2, -0.15) is 49.6 Å². The number of likely N-dealkylation sites (N-methyl/N-ethyl adjacent to an activating group) is 1. The lowest BCUT2D eigenvalue weighted by Crippen LogP contribution is -2.51. The molecule has 2 aromatic carbocycles. The van der Waals surface area contributed by atoms with E-state index in [1.165, 1.54) is 26.0 Å². The number of sulfonamides is 1. The Balaban J connectivity index is 1.48. The number of hydrogen-bond donors (Lipinski definition) is 3. The van der Waals surface area contributed by atoms with Gasteiger partial charge in [0.05, 0.1) is 45.1 Å². The van der Waals surface area contributed by atoms with Crippen molar-refractivity contribution in [2.75, 3.05) is 23.9 Å². The van der Waals surface area contributed by atoms with Crippen molar-refractivity contribution >= 4 is 72.1 Å². The molecule has 31 heteroatoms. The van der Waals surface area contributed by atoms with Crippen LogP contribution in [0.3, 0.4) is 0 Å². The highest BCUT2D eigenvalue weighted by molar-refractivity contribution is 7.93. The fourth-order valence-corrected chi connectivity index (χ4v) is 10.6. The van der Waals surface area contributed by atoms with Crippen molar-refractivity contribution in [1.82, 2.24) is 34.8 Å². The number of halogens is 11. The monoisotopic (exact) mass is 1140 g/mol. The number of nitrogens with one attached hydrogen (secondary N) is 1. The molecule has 1 fully saturated rings. The second kappa shape index (κ2) is 19.8. The number of rotatable bonds is 18. The molecule has 5 aromatic rings. The van der Waals surface area contributed by atoms with Gasteiger partial charge in [0.25, 0.3) is 5.92 Å². The summed E-state index contributed by atoms with van der Waals surface area (Å²) in [4.78, 5) is 56.8. The van der Waals surface area contributed by atoms with Crippen LogP contribution in [0.25, 0.3) is 22.0 Å². The molecular weight excluding hydrogens is 1100 g/mol. The number of nitrogens with zero attached hydrogens (tertiary/aromatic N) is 7. The third-order valence-electron chi connectivity index (χ3n) is 13.1. The number of amides is 3. The van der Waals surface area contributed by atoms with E-state index in [0.717, 1.165) is 30.5 Å². The Morgan fingerprint density at radius 2 is 1.54 bits per heavy atom. The van der Waals surface area contributed by atoms with Gasteiger partial charge in [0, 0.05) is 47.7 Å². The second-order valence-corrected chi connectivity index (χ2v) is 23.9. The molecule has 7 rings (SSSR count). The average molecular weight is 1150 g/mol. The number of hydrogen-bond acceptors (Lipinski definition) is 11. The third kappa shape index (κ3) is 11.4. The molecule has 2 aliphatic carbocycles. The van der Waals surface area contributed by atoms with E-state index in [9.17, 15) is 81.4 Å². The molecule has 0 aliphatic heterocycles. The van der Waals surface area contributed by atoms with Crippen molar-refractivity contribution in [3.63, 3.8) is 0 Å². The molecule has 0 bridgehead atoms. The maximum Gasteiger partial charge on any atom is 0.435 e. The van der Waals surface area contributed by atoms with Crippen LogP contribution in [0.4, 0.5) is 54.5 Å². The topological polar surface area (TPSA) is 244 Å². The molecule has 1 saturated carbocycles. The van der Waals surface area contributed by atoms with Gasteiger partial charge in [-0.1, -0.05) is 23.7 Å². The molecule has 0 radical (unpaired) electrons. The van der Waals surface area contributed by atoms with Gasteiger partial charge < -0.3 is 20.4 Å². The van der Waals surface area contributed by atoms with Crippen LogP contribution in [0.15, 0.2) is 42.5 Å². The largest absolute Gasteiger partial charge is 0.481 e. The second-order valence-electron chi connectivity index (χ2n) is 19.0. The Morgan fingerprint density at radius 3 is 2.09 bits per heavy atom. The van der Waals surface area contributed by atoms with E-state index >= 15 is 8.78 Å². The summed E-state index contributed by atoms with van der Waals surface area (Å²) in [5.41, 5.74) is -5.94. The van der Waals surface area contributed by atoms with E-state index in [4.69, 9.17) is 11.6 Å². The number of benzene rings is 2. The fraction of sp³-hybridized carbons (Fsp3) is 0.444. The van der Waals surface area contributed by atoms with Gasteiger partial charge in [-0.25, -0.2) is 35.2 Å². The first-order valence-electron chi connectivity index (χ1n) is 22.3. The molecule has 0 spiro atoms. The molecule has 2 aliphatic rings. The van der Waals surface area contributed by atoms with Crippen LogP contribution < -0.4 is 9.62 Å². The zero-order chi connectivity index (χ0) is 56.7. The molecule has 3 heterocycles. The molecule has 3 aromatic heterocycles. The van der Waals surface area contributed by atoms with Gasteiger partial charge in [0.1, 0.15) is 36.5 Å². The number of carbonyl (C=O) groups excluding carboxylic acids is 2. The number of aromatic nitrogens is 5. The average Bonchev–Trinajstić information content (AvgIpc) is 3.78. The summed E-state index contributed by atoms with van der Waals surface area (Å²) in [6, 6.07) is 0.535. The highest BCUT2D eigenvalue weighted by Gasteiger charge is 2.68. The summed E-state index contributed by atoms with van der Waals surface area (Å²) >= 11 is 6.62. The van der Waals surface area contributed by atoms with Gasteiger partial charge in [-0.05, 0) is 75.3 Å². The summed E-state index contributed by atoms with van der Waals surface area (Å²) in [6.45, 7) is -0.685. The number of carboxylic acids is 2. The van der Waals surface area contributed by atoms with Crippen LogP contribution in [-0.2, 0) is 72.3 Å². The Hall–Kier alpha value is -6.56. The number of aryl methyl sites for hydroxylation is 1. The number of carbonyl (C=O) groups is 4. The normalized spacial score (nSPS) is 17.2. The number of sulfone groups is 1. The maximum absolute atomic E-state index is 15.6. The molecular formula is C45H43ClF10N8O10S2. The fourth-order valence-electron chi connectivity index (χ4n) is 9.04. The van der Waals surface area contributed by atoms with Crippen LogP contribution in [0.5, 0.6) is 0 Å². The van der Waals surface area contributed by atoms with Crippen molar-refractivity contribution < 1.29 is 90.1 Å². The van der Waals surface area contributed by atoms with Gasteiger partial charge in [0.15, 0.2) is 21.3 Å². The van der Waals surface area contributed by atoms with Crippen LogP contribution in [0.1, 0.15) is 79.0 Å². The first-order chi connectivity index (χ1) is 34.8. The zero-order valence-corrected chi connectivity index (χ0v) is 42.5. The van der Waals surface area contributed by atoms with Crippen molar-refractivity contribution in [2.24, 2.45) is 5.92 Å². The maximum atomic E-state index is 15.6. The lowest BCUT2D eigenvalue weighted by Gasteiger charge is -2.28. The van der Waals surface area contributed by atoms with Crippen molar-refractivity contribution in [2.45, 2.75) is 100 Å². The SMILES string of the molecule is CN(C(=O)N(c1nn(CC(F)(F)F)c2c(-c3ccc(CCC(C)(C)S(C)(=O)=O)nc3[C@H](Cc3cc(F)cc(F)c3)NC(=O)Cn3nc(C(F)(F)F)c4c3C(F)(F)C3C[C@H]43)ccc(Cl)c12)S(C)(=O)=O)[C@@H](CC(=O)O)C(=O)O. The quantitative estimate of drug-likeness (QED) is 0.0716. The smallest absolute Gasteiger partial charge is 0.435 e. The van der Waals surface area contributed by atoms with E-state index < -0.39 is 178 Å². The van der Waals surface area contributed by atoms with E-state index in [1.807, 2.05) is 0 Å². The van der Waals surface area contributed by atoms with E-state index in [0.29, 0.717) is 19.4 Å². The molecule has 3 amide bonds. The Morgan fingerprint density at radius 1 is 0.921 bits per heavy atom. The number of alkyl halides is 8. The first-order valence-corrected chi connectivity index (χ1v) is 26.4. The number of pyridine rings is 1. The first kappa shape index (κ1) is 57.2. The minimum absolute atomic E-state index is 0.0142. The van der Waals surface area contributed by atoms with E-state index in [2.05, 4.69) is 20.5 Å². The Kier molecular flexibility index (Phi) is 14.9. The Bertz CT molecular complexity index is 3420. The minimum Gasteiger partial charge on any atom is -0.481 e. The summed E-state index contributed by atoms with van der Waals surface area (Å²) in [5, 5.41) is 27.4. The molecule has 4 atom stereocenters. The van der Waals surface area contributed by atoms with Gasteiger partial charge in [-0.15, -0.1) is 0 Å². The Labute approximate surface area is 429 Å². The molecule has 3 N–H and O–H groups in total. The van der Waals surface area contributed by atoms with E-state index in [1.54, 1.807) is 0 Å². The third-order valence-corrected chi connectivity index (χ3v) is 16.6. The minimum atomic E-state index is -5.25. The van der Waals surface area contributed by atoms with Crippen LogP contribution in [0.2, 0.25) is 5.02 Å². The number of urea groups is 1. The van der Waals surface area contributed by atoms with Gasteiger partial charge in [0.2, 0.25) is 15.9 Å². The summed E-state index contributed by atoms with van der Waals surface area (Å²) in [7, 11) is -8.22. The molecule has 0 saturated heterocycles. The zero-order valence-electron chi connectivity index (χ0n) is 40.1. The van der Waals surface area contributed by atoms with Gasteiger partial charge in [-0.3, -0.25) is 23.9 Å². The number of fused-ring (bicyclic) bond motifs is 4. The van der Waals surface area contributed by atoms with E-state index in [-0.39, 0.29) is 54.7 Å². The summed E-state index contributed by atoms with van der Waals surface area (Å²) in [5.74, 6) is -15.2. The number of aliphatic carboxylic acids is 2. The van der Waals surface area contributed by atoms with Crippen LogP contribution >= 0.6 is 11.6 Å². The standard InChI is InChI=1S/C45H43ClF10N8O10S2/c1-42(2,75(4,71)72)11-10-23-6-7-24(25-8-9-28(46)34-36(25)63(19-43(49,50)51)60-39(34)64(76(5,73)74)41(70)61(3)30(40(68)69)17-32(66)67)35(57-23)29(14-20-12-21(47)15-22(48)13-20)58-31(65)18-62-38-33(37(59-62)45(54,55)56)26-16-27(26)44(38,52)53/h6-9,12-13,15,26-27,29-30H,10-11,14,16-19H2,1-5H3,(H,58,65)(H,66,67)(H,68,69)/t26-,27?,29-,30-/m0/s1. The van der Waals surface area contributed by atoms with Crippen LogP contribution in [0, 0.1) is 17.6 Å². The predicted molar refractivity (Wildman–Crippen MR) is 248 cm³/mol. The highest BCUT2D eigenvalue weighted by atomic mass is 35.5. The summed E-state index contributed by atoms with van der Waals surface area (Å²) < 4.78 is 199. The summed E-state index contributed by atoms with van der Waals surface area (Å²) in [6.07, 6.45) is -11.9. The molecule has 412 valence electrons.